The molecule has 0 bridgehead atoms. The molecule has 1 aromatic carbocycles. The van der Waals surface area contributed by atoms with Gasteiger partial charge in [-0.05, 0) is 24.6 Å². The molecular weight excluding hydrogens is 253 g/mol. The first-order valence-corrected chi connectivity index (χ1v) is 5.82. The molecule has 2 rings (SSSR count). The zero-order valence-corrected chi connectivity index (χ0v) is 10.4. The van der Waals surface area contributed by atoms with Gasteiger partial charge in [-0.25, -0.2) is 9.18 Å². The number of cyclic esters (lactones) is 1. The van der Waals surface area contributed by atoms with Crippen molar-refractivity contribution in [2.45, 2.75) is 25.5 Å². The lowest BCUT2D eigenvalue weighted by Crippen LogP contribution is -2.33. The lowest BCUT2D eigenvalue weighted by atomic mass is 10.0. The minimum atomic E-state index is -1.01. The molecule has 0 saturated carbocycles. The van der Waals surface area contributed by atoms with Gasteiger partial charge in [0, 0.05) is 6.54 Å². The summed E-state index contributed by atoms with van der Waals surface area (Å²) in [6.07, 6.45) is -0.786. The Morgan fingerprint density at radius 2 is 2.11 bits per heavy atom. The maximum Gasteiger partial charge on any atom is 0.410 e. The van der Waals surface area contributed by atoms with Gasteiger partial charge in [-0.2, -0.15) is 0 Å². The SMILES string of the molecule is CC1(CC(=O)O)CN(Cc2ccc(F)cc2)C(=O)O1. The second-order valence-corrected chi connectivity index (χ2v) is 4.87. The average molecular weight is 267 g/mol. The molecule has 1 aliphatic rings. The number of ether oxygens (including phenoxy) is 1. The predicted molar refractivity (Wildman–Crippen MR) is 63.9 cm³/mol. The second kappa shape index (κ2) is 4.87. The Bertz CT molecular complexity index is 502. The van der Waals surface area contributed by atoms with Crippen molar-refractivity contribution in [3.63, 3.8) is 0 Å². The maximum atomic E-state index is 12.8. The second-order valence-electron chi connectivity index (χ2n) is 4.87. The van der Waals surface area contributed by atoms with Crippen LogP contribution in [0.1, 0.15) is 18.9 Å². The molecule has 1 atom stereocenters. The van der Waals surface area contributed by atoms with E-state index in [9.17, 15) is 14.0 Å². The fourth-order valence-electron chi connectivity index (χ4n) is 2.12. The normalized spacial score (nSPS) is 22.4. The summed E-state index contributed by atoms with van der Waals surface area (Å²) >= 11 is 0. The fourth-order valence-corrected chi connectivity index (χ4v) is 2.12. The molecule has 0 spiro atoms. The smallest absolute Gasteiger partial charge is 0.410 e. The van der Waals surface area contributed by atoms with Crippen molar-refractivity contribution in [1.29, 1.82) is 0 Å². The molecule has 1 unspecified atom stereocenters. The first-order valence-electron chi connectivity index (χ1n) is 5.82. The summed E-state index contributed by atoms with van der Waals surface area (Å²) in [6, 6.07) is 5.78. The number of carboxylic acids is 1. The topological polar surface area (TPSA) is 66.8 Å². The predicted octanol–water partition coefficient (Wildman–Crippen LogP) is 2.01. The molecule has 0 aliphatic carbocycles. The summed E-state index contributed by atoms with van der Waals surface area (Å²) in [4.78, 5) is 23.8. The number of carbonyl (C=O) groups is 2. The van der Waals surface area contributed by atoms with Crippen LogP contribution >= 0.6 is 0 Å². The largest absolute Gasteiger partial charge is 0.481 e. The van der Waals surface area contributed by atoms with Crippen LogP contribution in [0.25, 0.3) is 0 Å². The Morgan fingerprint density at radius 3 is 2.68 bits per heavy atom. The molecule has 1 aromatic rings. The van der Waals surface area contributed by atoms with Crippen molar-refractivity contribution >= 4 is 12.1 Å². The number of halogens is 1. The first kappa shape index (κ1) is 13.3. The van der Waals surface area contributed by atoms with E-state index in [1.54, 1.807) is 19.1 Å². The summed E-state index contributed by atoms with van der Waals surface area (Å²) in [5.74, 6) is -1.36. The fraction of sp³-hybridized carbons (Fsp3) is 0.385. The number of rotatable bonds is 4. The highest BCUT2D eigenvalue weighted by Gasteiger charge is 2.42. The number of benzene rings is 1. The Kier molecular flexibility index (Phi) is 3.42. The van der Waals surface area contributed by atoms with Crippen LogP contribution in [0.3, 0.4) is 0 Å². The molecule has 0 radical (unpaired) electrons. The molecule has 1 N–H and O–H groups in total. The van der Waals surface area contributed by atoms with E-state index in [0.717, 1.165) is 5.56 Å². The summed E-state index contributed by atoms with van der Waals surface area (Å²) in [5, 5.41) is 8.78. The van der Waals surface area contributed by atoms with E-state index in [4.69, 9.17) is 9.84 Å². The van der Waals surface area contributed by atoms with Gasteiger partial charge in [-0.3, -0.25) is 9.69 Å². The molecule has 1 heterocycles. The quantitative estimate of drug-likeness (QED) is 0.906. The molecule has 19 heavy (non-hydrogen) atoms. The number of aliphatic carboxylic acids is 1. The molecule has 1 fully saturated rings. The van der Waals surface area contributed by atoms with Crippen LogP contribution in [0, 0.1) is 5.82 Å². The van der Waals surface area contributed by atoms with Gasteiger partial charge in [0.1, 0.15) is 11.4 Å². The summed E-state index contributed by atoms with van der Waals surface area (Å²) < 4.78 is 17.9. The number of nitrogens with zero attached hydrogens (tertiary/aromatic N) is 1. The number of hydrogen-bond donors (Lipinski definition) is 1. The minimum Gasteiger partial charge on any atom is -0.481 e. The molecule has 5 nitrogen and oxygen atoms in total. The van der Waals surface area contributed by atoms with Gasteiger partial charge in [0.25, 0.3) is 0 Å². The van der Waals surface area contributed by atoms with Crippen LogP contribution in [0.5, 0.6) is 0 Å². The highest BCUT2D eigenvalue weighted by Crippen LogP contribution is 2.27. The van der Waals surface area contributed by atoms with E-state index in [1.807, 2.05) is 0 Å². The molecule has 1 amide bonds. The molecular formula is C13H14FNO4. The monoisotopic (exact) mass is 267 g/mol. The van der Waals surface area contributed by atoms with E-state index in [-0.39, 0.29) is 25.3 Å². The zero-order valence-electron chi connectivity index (χ0n) is 10.4. The summed E-state index contributed by atoms with van der Waals surface area (Å²) in [6.45, 7) is 2.06. The van der Waals surface area contributed by atoms with Crippen LogP contribution in [0.2, 0.25) is 0 Å². The Balaban J connectivity index is 2.04. The third-order valence-corrected chi connectivity index (χ3v) is 2.93. The zero-order chi connectivity index (χ0) is 14.0. The Labute approximate surface area is 109 Å². The van der Waals surface area contributed by atoms with Crippen LogP contribution in [-0.4, -0.2) is 34.2 Å². The van der Waals surface area contributed by atoms with E-state index in [1.165, 1.54) is 17.0 Å². The van der Waals surface area contributed by atoms with Crippen molar-refractivity contribution in [3.8, 4) is 0 Å². The standard InChI is InChI=1S/C13H14FNO4/c1-13(6-11(16)17)8-15(12(18)19-13)7-9-2-4-10(14)5-3-9/h2-5H,6-8H2,1H3,(H,16,17). The number of amides is 1. The lowest BCUT2D eigenvalue weighted by Gasteiger charge is -2.19. The first-order chi connectivity index (χ1) is 8.88. The average Bonchev–Trinajstić information content (AvgIpc) is 2.55. The van der Waals surface area contributed by atoms with Crippen molar-refractivity contribution < 1.29 is 23.8 Å². The summed E-state index contributed by atoms with van der Waals surface area (Å²) in [5.41, 5.74) is -0.249. The summed E-state index contributed by atoms with van der Waals surface area (Å²) in [7, 11) is 0. The third-order valence-electron chi connectivity index (χ3n) is 2.93. The van der Waals surface area contributed by atoms with Crippen molar-refractivity contribution in [3.05, 3.63) is 35.6 Å². The van der Waals surface area contributed by atoms with Gasteiger partial charge in [0.05, 0.1) is 13.0 Å². The molecule has 1 aliphatic heterocycles. The maximum absolute atomic E-state index is 12.8. The number of carbonyl (C=O) groups excluding carboxylic acids is 1. The molecule has 1 saturated heterocycles. The number of carboxylic acid groups (broad SMARTS) is 1. The van der Waals surface area contributed by atoms with Gasteiger partial charge in [0.2, 0.25) is 0 Å². The van der Waals surface area contributed by atoms with Crippen molar-refractivity contribution in [2.24, 2.45) is 0 Å². The molecule has 102 valence electrons. The van der Waals surface area contributed by atoms with E-state index in [2.05, 4.69) is 0 Å². The van der Waals surface area contributed by atoms with Crippen LogP contribution in [0.15, 0.2) is 24.3 Å². The van der Waals surface area contributed by atoms with Crippen LogP contribution < -0.4 is 0 Å². The van der Waals surface area contributed by atoms with E-state index in [0.29, 0.717) is 0 Å². The molecule has 0 aromatic heterocycles. The van der Waals surface area contributed by atoms with Crippen LogP contribution in [0.4, 0.5) is 9.18 Å². The van der Waals surface area contributed by atoms with Crippen molar-refractivity contribution in [1.82, 2.24) is 4.90 Å². The minimum absolute atomic E-state index is 0.204. The van der Waals surface area contributed by atoms with Gasteiger partial charge < -0.3 is 9.84 Å². The highest BCUT2D eigenvalue weighted by atomic mass is 19.1. The van der Waals surface area contributed by atoms with Gasteiger partial charge >= 0.3 is 12.1 Å². The Hall–Kier alpha value is -2.11. The van der Waals surface area contributed by atoms with E-state index >= 15 is 0 Å². The van der Waals surface area contributed by atoms with Gasteiger partial charge in [-0.15, -0.1) is 0 Å². The van der Waals surface area contributed by atoms with Crippen molar-refractivity contribution in [2.75, 3.05) is 6.54 Å². The Morgan fingerprint density at radius 1 is 1.47 bits per heavy atom. The van der Waals surface area contributed by atoms with Crippen LogP contribution in [-0.2, 0) is 16.1 Å². The van der Waals surface area contributed by atoms with Gasteiger partial charge in [-0.1, -0.05) is 12.1 Å². The lowest BCUT2D eigenvalue weighted by molar-refractivity contribution is -0.140. The number of hydrogen-bond acceptors (Lipinski definition) is 3. The third kappa shape index (κ3) is 3.21. The highest BCUT2D eigenvalue weighted by molar-refractivity contribution is 5.74. The molecule has 6 heteroatoms. The van der Waals surface area contributed by atoms with Gasteiger partial charge in [0.15, 0.2) is 0 Å². The van der Waals surface area contributed by atoms with E-state index < -0.39 is 17.7 Å².